The van der Waals surface area contributed by atoms with Crippen LogP contribution in [0.2, 0.25) is 0 Å². The third kappa shape index (κ3) is 22.4. The molecule has 0 aromatic carbocycles. The van der Waals surface area contributed by atoms with Gasteiger partial charge in [-0.25, -0.2) is 9.97 Å². The Morgan fingerprint density at radius 1 is 0.182 bits per heavy atom. The predicted molar refractivity (Wildman–Crippen MR) is 314 cm³/mol. The Morgan fingerprint density at radius 3 is 0.545 bits per heavy atom. The number of nitrogens with one attached hydrogen (secondary N) is 2. The summed E-state index contributed by atoms with van der Waals surface area (Å²) in [6.07, 6.45) is 0. The zero-order chi connectivity index (χ0) is 60.1. The Balaban J connectivity index is 1.25. The fourth-order valence-electron chi connectivity index (χ4n) is 9.08. The Hall–Kier alpha value is -5.64. The maximum atomic E-state index is 6.72. The second kappa shape index (κ2) is 40.2. The second-order valence-corrected chi connectivity index (χ2v) is 19.5. The molecule has 0 saturated heterocycles. The Bertz CT molecular complexity index is 2550. The van der Waals surface area contributed by atoms with Crippen LogP contribution in [-0.2, 0) is 94.7 Å². The van der Waals surface area contributed by atoms with Crippen LogP contribution in [-0.4, -0.2) is 284 Å². The van der Waals surface area contributed by atoms with E-state index in [0.717, 1.165) is 0 Å². The highest BCUT2D eigenvalue weighted by molar-refractivity contribution is 5.92. The molecule has 0 spiro atoms. The number of aromatic amines is 2. The van der Waals surface area contributed by atoms with Crippen LogP contribution in [0.25, 0.3) is 45.1 Å². The van der Waals surface area contributed by atoms with Crippen molar-refractivity contribution in [1.82, 2.24) is 19.9 Å². The van der Waals surface area contributed by atoms with Crippen LogP contribution in [0, 0.1) is 0 Å². The van der Waals surface area contributed by atoms with E-state index in [4.69, 9.17) is 124 Å². The van der Waals surface area contributed by atoms with Crippen molar-refractivity contribution in [2.45, 2.75) is 0 Å². The molecular formula is C60H86N4O24. The molecule has 2 N–H and O–H groups in total. The predicted octanol–water partition coefficient (Wildman–Crippen LogP) is 3.87. The van der Waals surface area contributed by atoms with E-state index in [-0.39, 0.29) is 117 Å². The molecule has 0 amide bonds. The van der Waals surface area contributed by atoms with Crippen molar-refractivity contribution < 1.29 is 114 Å². The Labute approximate surface area is 511 Å². The summed E-state index contributed by atoms with van der Waals surface area (Å²) in [5.41, 5.74) is 3.21. The van der Waals surface area contributed by atoms with E-state index in [1.54, 1.807) is 18.2 Å². The number of ether oxygens (including phenoxy) is 24. The van der Waals surface area contributed by atoms with Crippen molar-refractivity contribution in [2.75, 3.05) is 264 Å². The first-order valence-electron chi connectivity index (χ1n) is 30.4. The van der Waals surface area contributed by atoms with Gasteiger partial charge < -0.3 is 124 Å². The van der Waals surface area contributed by atoms with E-state index >= 15 is 0 Å². The molecule has 0 atom stereocenters. The first kappa shape index (κ1) is 66.8. The molecule has 6 aliphatic rings. The number of H-pyrrole nitrogens is 2. The highest BCUT2D eigenvalue weighted by atomic mass is 16.6. The lowest BCUT2D eigenvalue weighted by Gasteiger charge is -2.14. The normalized spacial score (nSPS) is 21.5. The maximum Gasteiger partial charge on any atom is 0.189 e. The number of aromatic nitrogens is 4. The van der Waals surface area contributed by atoms with E-state index in [0.29, 0.717) is 238 Å². The molecule has 8 bridgehead atoms. The van der Waals surface area contributed by atoms with Gasteiger partial charge in [0.15, 0.2) is 46.0 Å². The first-order chi connectivity index (χ1) is 43.8. The van der Waals surface area contributed by atoms with Gasteiger partial charge in [-0.15, -0.1) is 0 Å². The summed E-state index contributed by atoms with van der Waals surface area (Å²) in [4.78, 5) is 17.8. The molecule has 490 valence electrons. The lowest BCUT2D eigenvalue weighted by Crippen LogP contribution is -2.15. The minimum atomic E-state index is 0.105. The Kier molecular flexibility index (Phi) is 30.5. The van der Waals surface area contributed by atoms with Gasteiger partial charge >= 0.3 is 0 Å². The fraction of sp³-hybridized carbons (Fsp3) is 0.667. The second-order valence-electron chi connectivity index (χ2n) is 19.5. The van der Waals surface area contributed by atoms with E-state index in [1.165, 1.54) is 0 Å². The maximum absolute atomic E-state index is 6.72. The number of nitrogens with zero attached hydrogens (tertiary/aromatic N) is 2. The van der Waals surface area contributed by atoms with Crippen LogP contribution < -0.4 is 18.9 Å². The molecular weight excluding hydrogens is 1160 g/mol. The SMILES string of the molecule is c1c2nc(cc3[nH]c(cc4[nH]c(cc5nc1C1=C5OCCOCCOCCOCCOCCO1)c1c4OCCOCCOCCOCCOCCO1)c1c3OCCOCCOCCOCCOCCO1)C1=C2OCCOCCOCCOCCOCCO1. The van der Waals surface area contributed by atoms with Gasteiger partial charge in [0.25, 0.3) is 0 Å². The summed E-state index contributed by atoms with van der Waals surface area (Å²) in [6.45, 7) is 11.7. The fourth-order valence-corrected chi connectivity index (χ4v) is 9.08. The standard InChI is InChI=1S/C60H86N4O24/c1-2-66-10-18-74-26-34-82-54-46-42-48-56-58(86-38-30-78-22-14-70-6-5-68-12-20-76-28-36-84-56)50(63-48)44-52-60-59(87-39-31-79-23-15-71-7-8-72-16-24-80-32-40-88-60)51(64-52)43-49-57-55(47(62-49)41-45(61-46)53(54)81-33-25-73-17-9-65-1)83-35-27-75-19-11-67-3-4-69-13-21-77-29-37-85-57/h41-44,61-62H,1-40H2. The van der Waals surface area contributed by atoms with Crippen LogP contribution in [0.3, 0.4) is 0 Å². The van der Waals surface area contributed by atoms with E-state index < -0.39 is 0 Å². The molecule has 6 aliphatic heterocycles. The zero-order valence-corrected chi connectivity index (χ0v) is 50.3. The molecule has 0 unspecified atom stereocenters. The average molecular weight is 1250 g/mol. The van der Waals surface area contributed by atoms with Crippen LogP contribution in [0.5, 0.6) is 23.0 Å². The van der Waals surface area contributed by atoms with Gasteiger partial charge in [-0.05, 0) is 24.3 Å². The highest BCUT2D eigenvalue weighted by Crippen LogP contribution is 2.44. The largest absolute Gasteiger partial charge is 0.485 e. The van der Waals surface area contributed by atoms with Crippen molar-refractivity contribution in [3.63, 3.8) is 0 Å². The van der Waals surface area contributed by atoms with Crippen molar-refractivity contribution in [3.8, 4) is 23.0 Å². The van der Waals surface area contributed by atoms with Crippen molar-refractivity contribution in [3.05, 3.63) is 47.0 Å². The average Bonchev–Trinajstić information content (AvgIpc) is 1.95. The molecule has 28 heteroatoms. The van der Waals surface area contributed by atoms with Gasteiger partial charge in [0.2, 0.25) is 0 Å². The van der Waals surface area contributed by atoms with E-state index in [2.05, 4.69) is 9.97 Å². The third-order valence-electron chi connectivity index (χ3n) is 13.1. The minimum absolute atomic E-state index is 0.105. The number of hydrogen-bond acceptors (Lipinski definition) is 26. The van der Waals surface area contributed by atoms with Crippen molar-refractivity contribution >= 4 is 45.1 Å². The molecule has 3 aromatic heterocycles. The van der Waals surface area contributed by atoms with Crippen LogP contribution in [0.15, 0.2) is 24.3 Å². The first-order valence-corrected chi connectivity index (χ1v) is 30.4. The van der Waals surface area contributed by atoms with Crippen molar-refractivity contribution in [2.24, 2.45) is 0 Å². The smallest absolute Gasteiger partial charge is 0.189 e. The Morgan fingerprint density at radius 2 is 0.341 bits per heavy atom. The topological polar surface area (TPSA) is 279 Å². The zero-order valence-electron chi connectivity index (χ0n) is 50.3. The molecule has 9 rings (SSSR count). The monoisotopic (exact) mass is 1250 g/mol. The molecule has 0 aliphatic carbocycles. The molecule has 3 aromatic rings. The lowest BCUT2D eigenvalue weighted by atomic mass is 10.2. The minimum Gasteiger partial charge on any atom is -0.485 e. The molecule has 0 saturated carbocycles. The van der Waals surface area contributed by atoms with Gasteiger partial charge in [0, 0.05) is 0 Å². The summed E-state index contributed by atoms with van der Waals surface area (Å²) < 4.78 is 147. The molecule has 9 heterocycles. The number of rotatable bonds is 0. The summed E-state index contributed by atoms with van der Waals surface area (Å²) in [6, 6.07) is 7.22. The van der Waals surface area contributed by atoms with Crippen LogP contribution in [0.4, 0.5) is 0 Å². The lowest BCUT2D eigenvalue weighted by molar-refractivity contribution is -0.00982. The summed E-state index contributed by atoms with van der Waals surface area (Å²) in [5, 5.41) is 0. The van der Waals surface area contributed by atoms with Crippen LogP contribution in [0.1, 0.15) is 22.8 Å². The van der Waals surface area contributed by atoms with Crippen molar-refractivity contribution in [1.29, 1.82) is 0 Å². The third-order valence-corrected chi connectivity index (χ3v) is 13.1. The molecule has 0 fully saturated rings. The van der Waals surface area contributed by atoms with Gasteiger partial charge in [0.05, 0.1) is 233 Å². The van der Waals surface area contributed by atoms with E-state index in [1.807, 2.05) is 6.07 Å². The summed E-state index contributed by atoms with van der Waals surface area (Å²) >= 11 is 0. The number of fused-ring (bicyclic) bond motifs is 18. The quantitative estimate of drug-likeness (QED) is 0.323. The molecule has 28 nitrogen and oxygen atoms in total. The molecule has 0 radical (unpaired) electrons. The summed E-state index contributed by atoms with van der Waals surface area (Å²) in [5.74, 6) is 2.54. The van der Waals surface area contributed by atoms with E-state index in [9.17, 15) is 0 Å². The van der Waals surface area contributed by atoms with Crippen LogP contribution >= 0.6 is 0 Å². The highest BCUT2D eigenvalue weighted by Gasteiger charge is 2.30. The van der Waals surface area contributed by atoms with Gasteiger partial charge in [-0.3, -0.25) is 0 Å². The molecule has 88 heavy (non-hydrogen) atoms. The van der Waals surface area contributed by atoms with Gasteiger partial charge in [-0.1, -0.05) is 0 Å². The van der Waals surface area contributed by atoms with Gasteiger partial charge in [-0.2, -0.15) is 0 Å². The number of hydrogen-bond donors (Lipinski definition) is 2. The van der Waals surface area contributed by atoms with Gasteiger partial charge in [0.1, 0.15) is 75.6 Å². The summed E-state index contributed by atoms with van der Waals surface area (Å²) in [7, 11) is 0.